The van der Waals surface area contributed by atoms with Gasteiger partial charge >= 0.3 is 0 Å². The van der Waals surface area contributed by atoms with Crippen LogP contribution in [-0.2, 0) is 9.53 Å². The predicted molar refractivity (Wildman–Crippen MR) is 63.6 cm³/mol. The van der Waals surface area contributed by atoms with E-state index in [4.69, 9.17) is 16.3 Å². The van der Waals surface area contributed by atoms with Crippen molar-refractivity contribution in [1.29, 1.82) is 0 Å². The smallest absolute Gasteiger partial charge is 0.225 e. The third-order valence-corrected chi connectivity index (χ3v) is 3.86. The molecular formula is C12H20ClNO2. The lowest BCUT2D eigenvalue weighted by Gasteiger charge is -2.37. The average Bonchev–Trinajstić information content (AvgIpc) is 2.80. The fourth-order valence-corrected chi connectivity index (χ4v) is 2.91. The molecule has 2 rings (SSSR count). The molecule has 2 fully saturated rings. The quantitative estimate of drug-likeness (QED) is 0.697. The molecule has 0 bridgehead atoms. The number of amides is 1. The van der Waals surface area contributed by atoms with Gasteiger partial charge in [-0.3, -0.25) is 4.79 Å². The van der Waals surface area contributed by atoms with Crippen molar-refractivity contribution in [1.82, 2.24) is 4.90 Å². The van der Waals surface area contributed by atoms with Gasteiger partial charge in [0, 0.05) is 19.0 Å². The Morgan fingerprint density at radius 1 is 1.38 bits per heavy atom. The molecular weight excluding hydrogens is 226 g/mol. The zero-order valence-corrected chi connectivity index (χ0v) is 10.6. The van der Waals surface area contributed by atoms with E-state index in [0.29, 0.717) is 18.3 Å². The molecule has 4 heteroatoms. The van der Waals surface area contributed by atoms with Crippen LogP contribution in [0.3, 0.4) is 0 Å². The van der Waals surface area contributed by atoms with Crippen LogP contribution in [0.5, 0.6) is 0 Å². The molecule has 1 saturated heterocycles. The van der Waals surface area contributed by atoms with Crippen molar-refractivity contribution >= 4 is 17.5 Å². The summed E-state index contributed by atoms with van der Waals surface area (Å²) < 4.78 is 5.65. The Morgan fingerprint density at radius 2 is 2.06 bits per heavy atom. The van der Waals surface area contributed by atoms with Crippen LogP contribution in [0.25, 0.3) is 0 Å². The largest absolute Gasteiger partial charge is 0.370 e. The molecule has 92 valence electrons. The molecule has 2 unspecified atom stereocenters. The Balaban J connectivity index is 1.94. The van der Waals surface area contributed by atoms with E-state index >= 15 is 0 Å². The second-order valence-electron chi connectivity index (χ2n) is 4.95. The summed E-state index contributed by atoms with van der Waals surface area (Å²) in [7, 11) is 0. The van der Waals surface area contributed by atoms with Crippen molar-refractivity contribution in [2.75, 3.05) is 19.0 Å². The first-order chi connectivity index (χ1) is 7.70. The zero-order valence-electron chi connectivity index (χ0n) is 9.82. The second kappa shape index (κ2) is 5.37. The van der Waals surface area contributed by atoms with Gasteiger partial charge in [-0.25, -0.2) is 0 Å². The Kier molecular flexibility index (Phi) is 4.09. The lowest BCUT2D eigenvalue weighted by molar-refractivity contribution is -0.147. The fourth-order valence-electron chi connectivity index (χ4n) is 2.74. The van der Waals surface area contributed by atoms with Crippen LogP contribution in [0.4, 0.5) is 0 Å². The van der Waals surface area contributed by atoms with Crippen LogP contribution in [0.2, 0.25) is 0 Å². The number of carbonyl (C=O) groups is 1. The summed E-state index contributed by atoms with van der Waals surface area (Å²) in [5.74, 6) is 1.06. The lowest BCUT2D eigenvalue weighted by Crippen LogP contribution is -2.51. The van der Waals surface area contributed by atoms with Gasteiger partial charge in [0.2, 0.25) is 5.91 Å². The van der Waals surface area contributed by atoms with Crippen LogP contribution in [0.1, 0.15) is 32.6 Å². The van der Waals surface area contributed by atoms with Gasteiger partial charge in [0.25, 0.3) is 0 Å². The van der Waals surface area contributed by atoms with Gasteiger partial charge in [-0.1, -0.05) is 12.8 Å². The van der Waals surface area contributed by atoms with Gasteiger partial charge < -0.3 is 9.64 Å². The van der Waals surface area contributed by atoms with E-state index in [-0.39, 0.29) is 18.1 Å². The normalized spacial score (nSPS) is 32.0. The molecule has 2 aliphatic rings. The molecule has 0 aromatic carbocycles. The number of alkyl halides is 1. The minimum absolute atomic E-state index is 0.00997. The Bertz CT molecular complexity index is 253. The molecule has 0 aromatic rings. The number of morpholine rings is 1. The molecule has 3 nitrogen and oxygen atoms in total. The molecule has 1 aliphatic carbocycles. The van der Waals surface area contributed by atoms with E-state index < -0.39 is 0 Å². The Labute approximate surface area is 102 Å². The molecule has 1 amide bonds. The minimum atomic E-state index is 0.00997. The highest BCUT2D eigenvalue weighted by atomic mass is 35.5. The molecule has 0 aromatic heterocycles. The van der Waals surface area contributed by atoms with Gasteiger partial charge in [-0.05, 0) is 19.8 Å². The van der Waals surface area contributed by atoms with Gasteiger partial charge in [0.15, 0.2) is 0 Å². The van der Waals surface area contributed by atoms with E-state index in [9.17, 15) is 4.79 Å². The second-order valence-corrected chi connectivity index (χ2v) is 5.26. The third-order valence-electron chi connectivity index (χ3n) is 3.51. The van der Waals surface area contributed by atoms with E-state index in [1.165, 1.54) is 12.8 Å². The van der Waals surface area contributed by atoms with Crippen LogP contribution in [0, 0.1) is 5.92 Å². The number of halogens is 1. The first kappa shape index (κ1) is 12.2. The molecule has 16 heavy (non-hydrogen) atoms. The summed E-state index contributed by atoms with van der Waals surface area (Å²) in [5, 5.41) is 0. The van der Waals surface area contributed by atoms with Crippen LogP contribution >= 0.6 is 11.6 Å². The molecule has 0 radical (unpaired) electrons. The highest BCUT2D eigenvalue weighted by Gasteiger charge is 2.32. The van der Waals surface area contributed by atoms with Crippen LogP contribution in [0.15, 0.2) is 0 Å². The van der Waals surface area contributed by atoms with Crippen molar-refractivity contribution in [3.05, 3.63) is 0 Å². The lowest BCUT2D eigenvalue weighted by atomic mass is 10.1. The summed E-state index contributed by atoms with van der Waals surface area (Å²) in [6, 6.07) is 0. The Morgan fingerprint density at radius 3 is 2.69 bits per heavy atom. The molecule has 1 heterocycles. The number of rotatable bonds is 2. The third kappa shape index (κ3) is 2.69. The van der Waals surface area contributed by atoms with E-state index in [1.807, 2.05) is 11.8 Å². The van der Waals surface area contributed by atoms with Crippen molar-refractivity contribution in [3.63, 3.8) is 0 Å². The number of hydrogen-bond acceptors (Lipinski definition) is 2. The first-order valence-electron chi connectivity index (χ1n) is 6.21. The maximum absolute atomic E-state index is 12.2. The minimum Gasteiger partial charge on any atom is -0.370 e. The van der Waals surface area contributed by atoms with Crippen molar-refractivity contribution < 1.29 is 9.53 Å². The molecule has 1 aliphatic heterocycles. The van der Waals surface area contributed by atoms with E-state index in [0.717, 1.165) is 19.4 Å². The first-order valence-corrected chi connectivity index (χ1v) is 6.74. The van der Waals surface area contributed by atoms with E-state index in [1.54, 1.807) is 0 Å². The van der Waals surface area contributed by atoms with E-state index in [2.05, 4.69) is 0 Å². The van der Waals surface area contributed by atoms with Crippen molar-refractivity contribution in [2.24, 2.45) is 5.92 Å². The van der Waals surface area contributed by atoms with Crippen LogP contribution < -0.4 is 0 Å². The van der Waals surface area contributed by atoms with Crippen molar-refractivity contribution in [3.8, 4) is 0 Å². The molecule has 2 atom stereocenters. The zero-order chi connectivity index (χ0) is 11.5. The summed E-state index contributed by atoms with van der Waals surface area (Å²) >= 11 is 5.81. The highest BCUT2D eigenvalue weighted by molar-refractivity contribution is 6.18. The van der Waals surface area contributed by atoms with Gasteiger partial charge in [-0.15, -0.1) is 11.6 Å². The highest BCUT2D eigenvalue weighted by Crippen LogP contribution is 2.27. The Hall–Kier alpha value is -0.280. The monoisotopic (exact) mass is 245 g/mol. The number of ether oxygens (including phenoxy) is 1. The topological polar surface area (TPSA) is 29.5 Å². The molecule has 0 spiro atoms. The summed E-state index contributed by atoms with van der Waals surface area (Å²) in [6.07, 6.45) is 4.66. The maximum Gasteiger partial charge on any atom is 0.225 e. The van der Waals surface area contributed by atoms with Gasteiger partial charge in [-0.2, -0.15) is 0 Å². The van der Waals surface area contributed by atoms with Crippen LogP contribution in [-0.4, -0.2) is 42.0 Å². The molecule has 0 N–H and O–H groups in total. The summed E-state index contributed by atoms with van der Waals surface area (Å²) in [4.78, 5) is 14.2. The van der Waals surface area contributed by atoms with Gasteiger partial charge in [0.1, 0.15) is 0 Å². The standard InChI is InChI=1S/C12H20ClNO2/c1-9-7-14(8-11(6-13)16-9)12(15)10-4-2-3-5-10/h9-11H,2-8H2,1H3. The number of carbonyl (C=O) groups excluding carboxylic acids is 1. The fraction of sp³-hybridized carbons (Fsp3) is 0.917. The predicted octanol–water partition coefficient (Wildman–Crippen LogP) is 2.03. The van der Waals surface area contributed by atoms with Crippen molar-refractivity contribution in [2.45, 2.75) is 44.8 Å². The molecule has 1 saturated carbocycles. The number of hydrogen-bond donors (Lipinski definition) is 0. The maximum atomic E-state index is 12.2. The summed E-state index contributed by atoms with van der Waals surface area (Å²) in [6.45, 7) is 3.40. The average molecular weight is 246 g/mol. The summed E-state index contributed by atoms with van der Waals surface area (Å²) in [5.41, 5.74) is 0. The van der Waals surface area contributed by atoms with Gasteiger partial charge in [0.05, 0.1) is 18.1 Å². The SMILES string of the molecule is CC1CN(C(=O)C2CCCC2)CC(CCl)O1. The number of nitrogens with zero attached hydrogens (tertiary/aromatic N) is 1.